The van der Waals surface area contributed by atoms with Gasteiger partial charge in [0, 0.05) is 19.5 Å². The molecule has 0 bridgehead atoms. The molecule has 0 N–H and O–H groups in total. The van der Waals surface area contributed by atoms with E-state index in [1.807, 2.05) is 36.4 Å². The first kappa shape index (κ1) is 15.0. The minimum Gasteiger partial charge on any atom is -0.447 e. The normalized spacial score (nSPS) is 19.1. The fourth-order valence-electron chi connectivity index (χ4n) is 2.35. The van der Waals surface area contributed by atoms with Gasteiger partial charge in [-0.1, -0.05) is 30.3 Å². The molecule has 0 saturated carbocycles. The number of rotatable bonds is 5. The van der Waals surface area contributed by atoms with Gasteiger partial charge in [-0.15, -0.1) is 0 Å². The Morgan fingerprint density at radius 2 is 2.19 bits per heavy atom. The van der Waals surface area contributed by atoms with E-state index in [2.05, 4.69) is 0 Å². The molecule has 0 spiro atoms. The molecule has 2 atom stereocenters. The minimum atomic E-state index is -0.772. The van der Waals surface area contributed by atoms with Gasteiger partial charge in [-0.05, 0) is 18.9 Å². The molecule has 5 heteroatoms. The fraction of sp³-hybridized carbons (Fsp3) is 0.438. The number of carbonyl (C=O) groups is 2. The highest BCUT2D eigenvalue weighted by Gasteiger charge is 2.35. The molecule has 110 valence electrons. The Kier molecular flexibility index (Phi) is 4.94. The molecule has 1 fully saturated rings. The molecule has 1 aliphatic heterocycles. The molecule has 21 heavy (non-hydrogen) atoms. The monoisotopic (exact) mass is 286 g/mol. The van der Waals surface area contributed by atoms with Gasteiger partial charge in [-0.2, -0.15) is 5.26 Å². The molecule has 1 saturated heterocycles. The average Bonchev–Trinajstić information content (AvgIpc) is 2.87. The van der Waals surface area contributed by atoms with Crippen molar-refractivity contribution in [2.75, 3.05) is 13.1 Å². The Balaban J connectivity index is 1.85. The van der Waals surface area contributed by atoms with Crippen LogP contribution in [0.2, 0.25) is 0 Å². The van der Waals surface area contributed by atoms with Crippen molar-refractivity contribution >= 4 is 11.9 Å². The Morgan fingerprint density at radius 1 is 1.48 bits per heavy atom. The van der Waals surface area contributed by atoms with Crippen LogP contribution in [-0.4, -0.2) is 36.0 Å². The topological polar surface area (TPSA) is 70.4 Å². The number of ether oxygens (including phenoxy) is 1. The summed E-state index contributed by atoms with van der Waals surface area (Å²) in [5, 5.41) is 8.64. The van der Waals surface area contributed by atoms with Crippen molar-refractivity contribution in [3.63, 3.8) is 0 Å². The summed E-state index contributed by atoms with van der Waals surface area (Å²) in [5.41, 5.74) is 1.16. The highest BCUT2D eigenvalue weighted by molar-refractivity contribution is 5.86. The summed E-state index contributed by atoms with van der Waals surface area (Å²) >= 11 is 0. The molecule has 2 rings (SSSR count). The lowest BCUT2D eigenvalue weighted by molar-refractivity contribution is -0.150. The first-order valence-electron chi connectivity index (χ1n) is 7.02. The highest BCUT2D eigenvalue weighted by Crippen LogP contribution is 2.20. The van der Waals surface area contributed by atoms with Crippen molar-refractivity contribution in [1.29, 1.82) is 5.26 Å². The van der Waals surface area contributed by atoms with Gasteiger partial charge < -0.3 is 9.64 Å². The molecule has 1 aliphatic rings. The summed E-state index contributed by atoms with van der Waals surface area (Å²) in [5.74, 6) is -0.943. The number of esters is 1. The number of nitrogens with zero attached hydrogens (tertiary/aromatic N) is 2. The van der Waals surface area contributed by atoms with Crippen LogP contribution in [0.5, 0.6) is 0 Å². The third kappa shape index (κ3) is 4.06. The van der Waals surface area contributed by atoms with Crippen LogP contribution in [-0.2, 0) is 20.7 Å². The van der Waals surface area contributed by atoms with Crippen LogP contribution < -0.4 is 0 Å². The first-order chi connectivity index (χ1) is 10.1. The summed E-state index contributed by atoms with van der Waals surface area (Å²) < 4.78 is 4.96. The predicted molar refractivity (Wildman–Crippen MR) is 76.0 cm³/mol. The molecule has 0 unspecified atom stereocenters. The largest absolute Gasteiger partial charge is 0.447 e. The number of hydrogen-bond acceptors (Lipinski definition) is 4. The third-order valence-electron chi connectivity index (χ3n) is 3.54. The zero-order valence-electron chi connectivity index (χ0n) is 12.0. The molecule has 0 aromatic heterocycles. The molecule has 1 amide bonds. The van der Waals surface area contributed by atoms with Crippen molar-refractivity contribution in [2.45, 2.75) is 25.9 Å². The smallest absolute Gasteiger partial charge is 0.312 e. The number of carbonyl (C=O) groups excluding carboxylic acids is 2. The van der Waals surface area contributed by atoms with Gasteiger partial charge in [0.05, 0.1) is 5.92 Å². The van der Waals surface area contributed by atoms with Crippen LogP contribution in [0, 0.1) is 17.2 Å². The Hall–Kier alpha value is -2.35. The van der Waals surface area contributed by atoms with Crippen molar-refractivity contribution in [3.05, 3.63) is 35.9 Å². The van der Waals surface area contributed by atoms with Crippen LogP contribution in [0.1, 0.15) is 18.9 Å². The minimum absolute atomic E-state index is 0.0301. The van der Waals surface area contributed by atoms with E-state index >= 15 is 0 Å². The standard InChI is InChI=1S/C16H18N2O3/c1-12(10-17)21-16(20)14-9-15(19)18(11-14)8-7-13-5-3-2-4-6-13/h2-6,12,14H,7-9,11H2,1H3/t12-,14+/m1/s1. The maximum Gasteiger partial charge on any atom is 0.312 e. The van der Waals surface area contributed by atoms with Crippen LogP contribution in [0.4, 0.5) is 0 Å². The first-order valence-corrected chi connectivity index (χ1v) is 7.02. The molecule has 0 aliphatic carbocycles. The molecule has 1 aromatic carbocycles. The summed E-state index contributed by atoms with van der Waals surface area (Å²) in [4.78, 5) is 25.4. The number of likely N-dealkylation sites (tertiary alicyclic amines) is 1. The zero-order valence-corrected chi connectivity index (χ0v) is 12.0. The number of benzene rings is 1. The maximum absolute atomic E-state index is 11.9. The Morgan fingerprint density at radius 3 is 2.86 bits per heavy atom. The lowest BCUT2D eigenvalue weighted by Gasteiger charge is -2.16. The second kappa shape index (κ2) is 6.89. The molecular weight excluding hydrogens is 268 g/mol. The Labute approximate surface area is 124 Å². The fourth-order valence-corrected chi connectivity index (χ4v) is 2.35. The molecule has 0 radical (unpaired) electrons. The van der Waals surface area contributed by atoms with E-state index in [4.69, 9.17) is 10.00 Å². The second-order valence-electron chi connectivity index (χ2n) is 5.18. The van der Waals surface area contributed by atoms with Gasteiger partial charge in [0.25, 0.3) is 0 Å². The van der Waals surface area contributed by atoms with Gasteiger partial charge >= 0.3 is 5.97 Å². The van der Waals surface area contributed by atoms with Crippen molar-refractivity contribution < 1.29 is 14.3 Å². The van der Waals surface area contributed by atoms with Gasteiger partial charge in [-0.3, -0.25) is 9.59 Å². The van der Waals surface area contributed by atoms with Gasteiger partial charge in [0.1, 0.15) is 6.07 Å². The van der Waals surface area contributed by atoms with Crippen molar-refractivity contribution in [3.8, 4) is 6.07 Å². The lowest BCUT2D eigenvalue weighted by atomic mass is 10.1. The van der Waals surface area contributed by atoms with Crippen LogP contribution in [0.25, 0.3) is 0 Å². The van der Waals surface area contributed by atoms with E-state index < -0.39 is 18.0 Å². The molecule has 1 heterocycles. The average molecular weight is 286 g/mol. The number of hydrogen-bond donors (Lipinski definition) is 0. The van der Waals surface area contributed by atoms with Gasteiger partial charge in [-0.25, -0.2) is 0 Å². The van der Waals surface area contributed by atoms with E-state index in [0.29, 0.717) is 13.1 Å². The number of nitriles is 1. The SMILES string of the molecule is C[C@H](C#N)OC(=O)[C@H]1CC(=O)N(CCc2ccccc2)C1. The zero-order chi connectivity index (χ0) is 15.2. The quantitative estimate of drug-likeness (QED) is 0.770. The summed E-state index contributed by atoms with van der Waals surface area (Å²) in [6, 6.07) is 11.8. The maximum atomic E-state index is 11.9. The van der Waals surface area contributed by atoms with Crippen LogP contribution in [0.3, 0.4) is 0 Å². The van der Waals surface area contributed by atoms with E-state index in [1.54, 1.807) is 4.90 Å². The van der Waals surface area contributed by atoms with Crippen molar-refractivity contribution in [2.24, 2.45) is 5.92 Å². The van der Waals surface area contributed by atoms with Gasteiger partial charge in [0.15, 0.2) is 6.10 Å². The van der Waals surface area contributed by atoms with E-state index in [9.17, 15) is 9.59 Å². The number of amides is 1. The molecule has 5 nitrogen and oxygen atoms in total. The predicted octanol–water partition coefficient (Wildman–Crippen LogP) is 1.53. The lowest BCUT2D eigenvalue weighted by Crippen LogP contribution is -2.29. The third-order valence-corrected chi connectivity index (χ3v) is 3.54. The van der Waals surface area contributed by atoms with E-state index in [0.717, 1.165) is 12.0 Å². The van der Waals surface area contributed by atoms with Crippen LogP contribution in [0.15, 0.2) is 30.3 Å². The summed E-state index contributed by atoms with van der Waals surface area (Å²) in [7, 11) is 0. The van der Waals surface area contributed by atoms with Crippen molar-refractivity contribution in [1.82, 2.24) is 4.90 Å². The summed E-state index contributed by atoms with van der Waals surface area (Å²) in [6.45, 7) is 2.49. The molecule has 1 aromatic rings. The second-order valence-corrected chi connectivity index (χ2v) is 5.18. The Bertz CT molecular complexity index is 550. The van der Waals surface area contributed by atoms with E-state index in [1.165, 1.54) is 6.92 Å². The van der Waals surface area contributed by atoms with Gasteiger partial charge in [0.2, 0.25) is 5.91 Å². The van der Waals surface area contributed by atoms with Crippen LogP contribution >= 0.6 is 0 Å². The summed E-state index contributed by atoms with van der Waals surface area (Å²) in [6.07, 6.45) is 0.167. The molecular formula is C16H18N2O3. The highest BCUT2D eigenvalue weighted by atomic mass is 16.5. The van der Waals surface area contributed by atoms with E-state index in [-0.39, 0.29) is 12.3 Å².